The van der Waals surface area contributed by atoms with E-state index in [2.05, 4.69) is 23.3 Å². The van der Waals surface area contributed by atoms with Gasteiger partial charge in [-0.15, -0.1) is 24.0 Å². The van der Waals surface area contributed by atoms with Crippen molar-refractivity contribution in [1.82, 2.24) is 5.32 Å². The first-order chi connectivity index (χ1) is 11.7. The van der Waals surface area contributed by atoms with Crippen molar-refractivity contribution in [2.45, 2.75) is 51.2 Å². The van der Waals surface area contributed by atoms with Gasteiger partial charge in [0.15, 0.2) is 5.96 Å². The van der Waals surface area contributed by atoms with Gasteiger partial charge < -0.3 is 20.5 Å². The maximum absolute atomic E-state index is 6.05. The average molecular weight is 459 g/mol. The molecular weight excluding hydrogens is 429 g/mol. The van der Waals surface area contributed by atoms with Gasteiger partial charge in [0.2, 0.25) is 0 Å². The zero-order valence-electron chi connectivity index (χ0n) is 14.9. The number of benzene rings is 1. The summed E-state index contributed by atoms with van der Waals surface area (Å²) in [6.45, 7) is 4.23. The summed E-state index contributed by atoms with van der Waals surface area (Å²) in [5.74, 6) is 2.08. The molecule has 2 aliphatic rings. The van der Waals surface area contributed by atoms with Crippen LogP contribution in [-0.2, 0) is 4.74 Å². The molecule has 0 spiro atoms. The van der Waals surface area contributed by atoms with Crippen LogP contribution in [0.2, 0.25) is 0 Å². The number of nitrogens with two attached hydrogens (primary N) is 1. The minimum atomic E-state index is 0. The predicted molar refractivity (Wildman–Crippen MR) is 112 cm³/mol. The first kappa shape index (κ1) is 20.3. The molecule has 1 fully saturated rings. The zero-order valence-corrected chi connectivity index (χ0v) is 17.3. The van der Waals surface area contributed by atoms with E-state index in [9.17, 15) is 0 Å². The van der Waals surface area contributed by atoms with Gasteiger partial charge in [-0.05, 0) is 24.8 Å². The molecule has 3 atom stereocenters. The number of ether oxygens (including phenoxy) is 2. The van der Waals surface area contributed by atoms with Gasteiger partial charge in [-0.1, -0.05) is 38.0 Å². The van der Waals surface area contributed by atoms with Crippen LogP contribution in [0.1, 0.15) is 50.6 Å². The Morgan fingerprint density at radius 2 is 2.08 bits per heavy atom. The van der Waals surface area contributed by atoms with Crippen LogP contribution in [0.5, 0.6) is 5.75 Å². The van der Waals surface area contributed by atoms with Gasteiger partial charge in [0.1, 0.15) is 5.75 Å². The molecule has 1 saturated carbocycles. The molecule has 3 unspecified atom stereocenters. The molecule has 3 rings (SSSR count). The number of guanidine groups is 1. The van der Waals surface area contributed by atoms with E-state index < -0.39 is 0 Å². The molecule has 0 amide bonds. The van der Waals surface area contributed by atoms with Crippen molar-refractivity contribution in [3.63, 3.8) is 0 Å². The average Bonchev–Trinajstić information content (AvgIpc) is 2.60. The summed E-state index contributed by atoms with van der Waals surface area (Å²) in [5, 5.41) is 3.31. The highest BCUT2D eigenvalue weighted by Crippen LogP contribution is 2.31. The van der Waals surface area contributed by atoms with E-state index in [1.807, 2.05) is 18.2 Å². The highest BCUT2D eigenvalue weighted by atomic mass is 127. The second kappa shape index (κ2) is 10.2. The van der Waals surface area contributed by atoms with Crippen molar-refractivity contribution < 1.29 is 9.47 Å². The molecule has 0 bridgehead atoms. The van der Waals surface area contributed by atoms with Gasteiger partial charge >= 0.3 is 0 Å². The summed E-state index contributed by atoms with van der Waals surface area (Å²) >= 11 is 0. The fourth-order valence-corrected chi connectivity index (χ4v) is 3.62. The molecule has 3 N–H and O–H groups in total. The normalized spacial score (nSPS) is 26.1. The molecule has 1 aliphatic carbocycles. The van der Waals surface area contributed by atoms with Crippen LogP contribution < -0.4 is 15.8 Å². The minimum absolute atomic E-state index is 0. The van der Waals surface area contributed by atoms with Gasteiger partial charge in [-0.2, -0.15) is 0 Å². The second-order valence-electron chi connectivity index (χ2n) is 6.81. The number of nitrogens with one attached hydrogen (secondary N) is 1. The predicted octanol–water partition coefficient (Wildman–Crippen LogP) is 3.63. The fraction of sp³-hybridized carbons (Fsp3) is 0.632. The standard InChI is InChI=1S/C19H29N3O2.HI/c1-14-6-2-4-8-17(14)24-13-11-21-19(20)22-16-10-12-23-18-9-5-3-7-15(16)18;/h3,5,7,9,14,16-17H,2,4,6,8,10-13H2,1H3,(H3,20,21,22);1H. The molecule has 1 aliphatic heterocycles. The smallest absolute Gasteiger partial charge is 0.189 e. The monoisotopic (exact) mass is 459 g/mol. The summed E-state index contributed by atoms with van der Waals surface area (Å²) in [6, 6.07) is 8.25. The van der Waals surface area contributed by atoms with Crippen molar-refractivity contribution in [1.29, 1.82) is 0 Å². The lowest BCUT2D eigenvalue weighted by Gasteiger charge is -2.28. The van der Waals surface area contributed by atoms with Crippen LogP contribution in [0, 0.1) is 5.92 Å². The van der Waals surface area contributed by atoms with Gasteiger partial charge in [0, 0.05) is 12.0 Å². The Hall–Kier alpha value is -1.02. The lowest BCUT2D eigenvalue weighted by Crippen LogP contribution is -2.37. The van der Waals surface area contributed by atoms with Crippen molar-refractivity contribution in [3.8, 4) is 5.75 Å². The molecule has 5 nitrogen and oxygen atoms in total. The number of nitrogens with zero attached hydrogens (tertiary/aromatic N) is 1. The maximum Gasteiger partial charge on any atom is 0.189 e. The van der Waals surface area contributed by atoms with Crippen molar-refractivity contribution in [3.05, 3.63) is 29.8 Å². The molecule has 1 heterocycles. The highest BCUT2D eigenvalue weighted by Gasteiger charge is 2.22. The number of aliphatic imine (C=N–C) groups is 1. The highest BCUT2D eigenvalue weighted by molar-refractivity contribution is 14.0. The SMILES string of the molecule is CC1CCCCC1OCCN=C(N)NC1CCOc2ccccc21.I. The Bertz CT molecular complexity index is 567. The molecule has 1 aromatic carbocycles. The van der Waals surface area contributed by atoms with Gasteiger partial charge in [0.25, 0.3) is 0 Å². The third-order valence-electron chi connectivity index (χ3n) is 5.02. The second-order valence-corrected chi connectivity index (χ2v) is 6.81. The molecule has 6 heteroatoms. The van der Waals surface area contributed by atoms with Crippen molar-refractivity contribution in [2.24, 2.45) is 16.6 Å². The van der Waals surface area contributed by atoms with E-state index in [0.717, 1.165) is 17.7 Å². The number of halogens is 1. The first-order valence-electron chi connectivity index (χ1n) is 9.14. The third kappa shape index (κ3) is 5.74. The Balaban J connectivity index is 0.00000225. The molecule has 25 heavy (non-hydrogen) atoms. The quantitative estimate of drug-likeness (QED) is 0.306. The third-order valence-corrected chi connectivity index (χ3v) is 5.02. The lowest BCUT2D eigenvalue weighted by molar-refractivity contribution is -0.000660. The number of fused-ring (bicyclic) bond motifs is 1. The largest absolute Gasteiger partial charge is 0.493 e. The van der Waals surface area contributed by atoms with E-state index in [1.165, 1.54) is 25.7 Å². The van der Waals surface area contributed by atoms with Crippen LogP contribution in [0.3, 0.4) is 0 Å². The van der Waals surface area contributed by atoms with Crippen LogP contribution in [0.4, 0.5) is 0 Å². The van der Waals surface area contributed by atoms with Crippen LogP contribution in [0.25, 0.3) is 0 Å². The molecule has 0 saturated heterocycles. The summed E-state index contributed by atoms with van der Waals surface area (Å²) < 4.78 is 11.7. The van der Waals surface area contributed by atoms with Crippen molar-refractivity contribution >= 4 is 29.9 Å². The van der Waals surface area contributed by atoms with Gasteiger partial charge in [-0.3, -0.25) is 4.99 Å². The van der Waals surface area contributed by atoms with E-state index in [0.29, 0.717) is 37.7 Å². The van der Waals surface area contributed by atoms with Gasteiger partial charge in [-0.25, -0.2) is 0 Å². The van der Waals surface area contributed by atoms with E-state index in [4.69, 9.17) is 15.2 Å². The van der Waals surface area contributed by atoms with Gasteiger partial charge in [0.05, 0.1) is 31.9 Å². The molecule has 140 valence electrons. The zero-order chi connectivity index (χ0) is 16.8. The number of rotatable bonds is 5. The van der Waals surface area contributed by atoms with Crippen molar-refractivity contribution in [2.75, 3.05) is 19.8 Å². The Labute approximate surface area is 167 Å². The summed E-state index contributed by atoms with van der Waals surface area (Å²) in [5.41, 5.74) is 7.20. The Morgan fingerprint density at radius 3 is 2.92 bits per heavy atom. The molecule has 1 aromatic rings. The maximum atomic E-state index is 6.05. The topological polar surface area (TPSA) is 68.9 Å². The van der Waals surface area contributed by atoms with Crippen LogP contribution in [-0.4, -0.2) is 31.8 Å². The van der Waals surface area contributed by atoms with E-state index >= 15 is 0 Å². The number of hydrogen-bond acceptors (Lipinski definition) is 3. The molecular formula is C19H30IN3O2. The van der Waals surface area contributed by atoms with Crippen LogP contribution in [0.15, 0.2) is 29.3 Å². The van der Waals surface area contributed by atoms with Crippen LogP contribution >= 0.6 is 24.0 Å². The summed E-state index contributed by atoms with van der Waals surface area (Å²) in [7, 11) is 0. The lowest BCUT2D eigenvalue weighted by atomic mass is 9.88. The number of hydrogen-bond donors (Lipinski definition) is 2. The van der Waals surface area contributed by atoms with E-state index in [-0.39, 0.29) is 30.0 Å². The summed E-state index contributed by atoms with van der Waals surface area (Å²) in [6.07, 6.45) is 6.36. The molecule has 0 aromatic heterocycles. The Kier molecular flexibility index (Phi) is 8.29. The minimum Gasteiger partial charge on any atom is -0.493 e. The Morgan fingerprint density at radius 1 is 1.28 bits per heavy atom. The molecule has 0 radical (unpaired) electrons. The first-order valence-corrected chi connectivity index (χ1v) is 9.14. The fourth-order valence-electron chi connectivity index (χ4n) is 3.62. The van der Waals surface area contributed by atoms with E-state index in [1.54, 1.807) is 0 Å². The number of para-hydroxylation sites is 1. The summed E-state index contributed by atoms with van der Waals surface area (Å²) in [4.78, 5) is 4.42.